The van der Waals surface area contributed by atoms with Crippen molar-refractivity contribution < 1.29 is 14.8 Å². The Hall–Kier alpha value is -2.18. The van der Waals surface area contributed by atoms with Crippen molar-refractivity contribution in [2.24, 2.45) is 0 Å². The predicted octanol–water partition coefficient (Wildman–Crippen LogP) is 2.93. The van der Waals surface area contributed by atoms with Crippen molar-refractivity contribution in [2.45, 2.75) is 6.61 Å². The summed E-state index contributed by atoms with van der Waals surface area (Å²) in [5, 5.41) is 20.1. The number of aromatic nitrogens is 1. The van der Waals surface area contributed by atoms with Crippen LogP contribution in [0.3, 0.4) is 0 Å². The lowest BCUT2D eigenvalue weighted by Gasteiger charge is -2.09. The lowest BCUT2D eigenvalue weighted by Crippen LogP contribution is -1.96. The number of rotatable bonds is 4. The second kappa shape index (κ2) is 5.64. The molecular weight excluding hydrogens is 272 g/mol. The Bertz CT molecular complexity index is 618. The molecule has 0 aliphatic carbocycles. The molecule has 0 amide bonds. The normalized spacial score (nSPS) is 10.2. The molecule has 0 saturated heterocycles. The van der Waals surface area contributed by atoms with E-state index in [4.69, 9.17) is 21.4 Å². The number of hydrogen-bond acceptors (Lipinski definition) is 5. The Labute approximate surface area is 113 Å². The van der Waals surface area contributed by atoms with Crippen LogP contribution in [0.1, 0.15) is 5.56 Å². The smallest absolute Gasteiger partial charge is 0.273 e. The van der Waals surface area contributed by atoms with E-state index in [0.29, 0.717) is 5.56 Å². The number of nitrogens with zero attached hydrogens (tertiary/aromatic N) is 2. The molecule has 6 nitrogen and oxygen atoms in total. The van der Waals surface area contributed by atoms with Crippen LogP contribution < -0.4 is 4.74 Å². The molecule has 1 heterocycles. The number of aliphatic hydroxyl groups is 1. The molecule has 7 heteroatoms. The van der Waals surface area contributed by atoms with Crippen LogP contribution in [0.4, 0.5) is 5.69 Å². The van der Waals surface area contributed by atoms with Gasteiger partial charge in [-0.05, 0) is 18.2 Å². The summed E-state index contributed by atoms with van der Waals surface area (Å²) in [6.07, 6.45) is 1.49. The van der Waals surface area contributed by atoms with Gasteiger partial charge in [0.15, 0.2) is 5.75 Å². The van der Waals surface area contributed by atoms with E-state index in [-0.39, 0.29) is 28.9 Å². The number of nitro benzene ring substituents is 1. The van der Waals surface area contributed by atoms with Crippen LogP contribution in [0.25, 0.3) is 0 Å². The third kappa shape index (κ3) is 2.98. The zero-order chi connectivity index (χ0) is 13.8. The number of ether oxygens (including phenoxy) is 1. The van der Waals surface area contributed by atoms with Gasteiger partial charge in [-0.3, -0.25) is 10.1 Å². The van der Waals surface area contributed by atoms with Gasteiger partial charge in [-0.25, -0.2) is 4.98 Å². The third-order valence-electron chi connectivity index (χ3n) is 2.35. The first kappa shape index (κ1) is 13.3. The molecule has 0 radical (unpaired) electrons. The highest BCUT2D eigenvalue weighted by atomic mass is 35.5. The summed E-state index contributed by atoms with van der Waals surface area (Å²) >= 11 is 5.91. The molecule has 0 fully saturated rings. The van der Waals surface area contributed by atoms with E-state index in [2.05, 4.69) is 4.98 Å². The highest BCUT2D eigenvalue weighted by molar-refractivity contribution is 6.32. The van der Waals surface area contributed by atoms with Crippen molar-refractivity contribution >= 4 is 17.3 Å². The van der Waals surface area contributed by atoms with Gasteiger partial charge in [0.25, 0.3) is 5.69 Å². The maximum Gasteiger partial charge on any atom is 0.273 e. The third-order valence-corrected chi connectivity index (χ3v) is 2.66. The molecule has 98 valence electrons. The van der Waals surface area contributed by atoms with Crippen molar-refractivity contribution in [1.82, 2.24) is 4.98 Å². The summed E-state index contributed by atoms with van der Waals surface area (Å²) in [5.74, 6) is 0.275. The number of nitro groups is 1. The van der Waals surface area contributed by atoms with Crippen molar-refractivity contribution in [3.8, 4) is 11.6 Å². The standard InChI is InChI=1S/C12H9ClN2O4/c13-10-4-3-9(15(17)18)6-11(10)19-12-8(7-16)2-1-5-14-12/h1-6,16H,7H2. The van der Waals surface area contributed by atoms with Crippen molar-refractivity contribution in [3.63, 3.8) is 0 Å². The van der Waals surface area contributed by atoms with E-state index in [9.17, 15) is 10.1 Å². The van der Waals surface area contributed by atoms with Gasteiger partial charge in [0, 0.05) is 17.8 Å². The summed E-state index contributed by atoms with van der Waals surface area (Å²) < 4.78 is 5.41. The van der Waals surface area contributed by atoms with E-state index in [1.54, 1.807) is 12.1 Å². The second-order valence-corrected chi connectivity index (χ2v) is 4.01. The van der Waals surface area contributed by atoms with Gasteiger partial charge < -0.3 is 9.84 Å². The topological polar surface area (TPSA) is 85.5 Å². The number of halogens is 1. The number of aliphatic hydroxyl groups excluding tert-OH is 1. The molecule has 0 aliphatic heterocycles. The minimum Gasteiger partial charge on any atom is -0.437 e. The van der Waals surface area contributed by atoms with Crippen LogP contribution in [0.15, 0.2) is 36.5 Å². The largest absolute Gasteiger partial charge is 0.437 e. The molecule has 2 rings (SSSR count). The van der Waals surface area contributed by atoms with E-state index in [0.717, 1.165) is 0 Å². The molecule has 19 heavy (non-hydrogen) atoms. The maximum atomic E-state index is 10.7. The Morgan fingerprint density at radius 3 is 2.89 bits per heavy atom. The molecule has 1 N–H and O–H groups in total. The second-order valence-electron chi connectivity index (χ2n) is 3.60. The van der Waals surface area contributed by atoms with Gasteiger partial charge in [0.1, 0.15) is 0 Å². The zero-order valence-corrected chi connectivity index (χ0v) is 10.4. The van der Waals surface area contributed by atoms with Crippen LogP contribution in [0, 0.1) is 10.1 Å². The van der Waals surface area contributed by atoms with Crippen molar-refractivity contribution in [3.05, 3.63) is 57.2 Å². The average molecular weight is 281 g/mol. The summed E-state index contributed by atoms with van der Waals surface area (Å²) in [4.78, 5) is 14.1. The summed E-state index contributed by atoms with van der Waals surface area (Å²) in [5.41, 5.74) is 0.325. The van der Waals surface area contributed by atoms with Gasteiger partial charge >= 0.3 is 0 Å². The van der Waals surface area contributed by atoms with Crippen LogP contribution in [0.2, 0.25) is 5.02 Å². The van der Waals surface area contributed by atoms with Gasteiger partial charge in [-0.2, -0.15) is 0 Å². The highest BCUT2D eigenvalue weighted by Gasteiger charge is 2.13. The quantitative estimate of drug-likeness (QED) is 0.687. The van der Waals surface area contributed by atoms with Gasteiger partial charge in [-0.1, -0.05) is 11.6 Å². The summed E-state index contributed by atoms with van der Waals surface area (Å²) in [7, 11) is 0. The molecule has 2 aromatic rings. The van der Waals surface area contributed by atoms with Gasteiger partial charge in [0.05, 0.1) is 22.6 Å². The lowest BCUT2D eigenvalue weighted by molar-refractivity contribution is -0.384. The summed E-state index contributed by atoms with van der Waals surface area (Å²) in [6, 6.07) is 7.14. The highest BCUT2D eigenvalue weighted by Crippen LogP contribution is 2.33. The summed E-state index contributed by atoms with van der Waals surface area (Å²) in [6.45, 7) is -0.254. The Balaban J connectivity index is 2.37. The zero-order valence-electron chi connectivity index (χ0n) is 9.62. The number of hydrogen-bond donors (Lipinski definition) is 1. The molecule has 0 spiro atoms. The first-order valence-electron chi connectivity index (χ1n) is 5.28. The monoisotopic (exact) mass is 280 g/mol. The van der Waals surface area contributed by atoms with Crippen LogP contribution in [-0.2, 0) is 6.61 Å². The Kier molecular flexibility index (Phi) is 3.94. The molecule has 0 aliphatic rings. The minimum atomic E-state index is -0.547. The SMILES string of the molecule is O=[N+]([O-])c1ccc(Cl)c(Oc2ncccc2CO)c1. The Morgan fingerprint density at radius 2 is 2.21 bits per heavy atom. The van der Waals surface area contributed by atoms with Gasteiger partial charge in [0.2, 0.25) is 5.88 Å². The molecule has 0 saturated carbocycles. The molecule has 1 aromatic heterocycles. The molecule has 0 atom stereocenters. The van der Waals surface area contributed by atoms with Crippen molar-refractivity contribution in [2.75, 3.05) is 0 Å². The fraction of sp³-hybridized carbons (Fsp3) is 0.0833. The Morgan fingerprint density at radius 1 is 1.42 bits per heavy atom. The molecule has 1 aromatic carbocycles. The fourth-order valence-electron chi connectivity index (χ4n) is 1.42. The number of pyridine rings is 1. The first-order chi connectivity index (χ1) is 9.11. The fourth-order valence-corrected chi connectivity index (χ4v) is 1.58. The predicted molar refractivity (Wildman–Crippen MR) is 68.3 cm³/mol. The lowest BCUT2D eigenvalue weighted by atomic mass is 10.3. The van der Waals surface area contributed by atoms with Crippen LogP contribution >= 0.6 is 11.6 Å². The molecule has 0 bridgehead atoms. The van der Waals surface area contributed by atoms with Crippen LogP contribution in [0.5, 0.6) is 11.6 Å². The van der Waals surface area contributed by atoms with Crippen LogP contribution in [-0.4, -0.2) is 15.0 Å². The minimum absolute atomic E-state index is 0.115. The number of non-ortho nitro benzene ring substituents is 1. The first-order valence-corrected chi connectivity index (χ1v) is 5.66. The van der Waals surface area contributed by atoms with E-state index < -0.39 is 4.92 Å². The maximum absolute atomic E-state index is 10.7. The number of benzene rings is 1. The molecular formula is C12H9ClN2O4. The average Bonchev–Trinajstić information content (AvgIpc) is 2.41. The van der Waals surface area contributed by atoms with E-state index in [1.807, 2.05) is 0 Å². The van der Waals surface area contributed by atoms with E-state index in [1.165, 1.54) is 24.4 Å². The van der Waals surface area contributed by atoms with Crippen molar-refractivity contribution in [1.29, 1.82) is 0 Å². The van der Waals surface area contributed by atoms with Gasteiger partial charge in [-0.15, -0.1) is 0 Å². The van der Waals surface area contributed by atoms with E-state index >= 15 is 0 Å². The molecule has 0 unspecified atom stereocenters.